The molecular weight excluding hydrogens is 326 g/mol. The first-order chi connectivity index (χ1) is 12.7. The van der Waals surface area contributed by atoms with Crippen LogP contribution in [0.2, 0.25) is 0 Å². The minimum Gasteiger partial charge on any atom is -0.378 e. The monoisotopic (exact) mass is 349 g/mol. The fourth-order valence-corrected chi connectivity index (χ4v) is 3.47. The van der Waals surface area contributed by atoms with Gasteiger partial charge in [-0.1, -0.05) is 23.8 Å². The number of carbonyl (C=O) groups excluding carboxylic acids is 1. The molecule has 0 atom stereocenters. The Kier molecular flexibility index (Phi) is 4.63. The van der Waals surface area contributed by atoms with Crippen molar-refractivity contribution in [3.63, 3.8) is 0 Å². The lowest BCUT2D eigenvalue weighted by molar-refractivity contribution is -0.115. The number of para-hydroxylation sites is 2. The van der Waals surface area contributed by atoms with Gasteiger partial charge in [0.05, 0.1) is 31.0 Å². The van der Waals surface area contributed by atoms with Crippen molar-refractivity contribution < 1.29 is 9.53 Å². The van der Waals surface area contributed by atoms with E-state index in [2.05, 4.69) is 46.4 Å². The zero-order valence-corrected chi connectivity index (χ0v) is 14.9. The summed E-state index contributed by atoms with van der Waals surface area (Å²) in [5.74, 6) is -0.00637. The molecule has 5 heteroatoms. The first kappa shape index (κ1) is 16.7. The molecule has 0 unspecified atom stereocenters. The van der Waals surface area contributed by atoms with Crippen LogP contribution in [0.3, 0.4) is 0 Å². The third kappa shape index (κ3) is 3.44. The summed E-state index contributed by atoms with van der Waals surface area (Å²) in [6, 6.07) is 14.2. The lowest BCUT2D eigenvalue weighted by atomic mass is 10.1. The van der Waals surface area contributed by atoms with Crippen LogP contribution in [-0.4, -0.2) is 37.2 Å². The van der Waals surface area contributed by atoms with E-state index in [-0.39, 0.29) is 5.91 Å². The largest absolute Gasteiger partial charge is 0.378 e. The van der Waals surface area contributed by atoms with Crippen molar-refractivity contribution in [3.05, 3.63) is 59.8 Å². The van der Waals surface area contributed by atoms with Crippen LogP contribution >= 0.6 is 0 Å². The number of nitrogens with one attached hydrogen (secondary N) is 2. The second-order valence-electron chi connectivity index (χ2n) is 6.70. The molecule has 3 aromatic rings. The van der Waals surface area contributed by atoms with Crippen LogP contribution in [0, 0.1) is 6.92 Å². The van der Waals surface area contributed by atoms with Crippen molar-refractivity contribution >= 4 is 28.2 Å². The van der Waals surface area contributed by atoms with Crippen molar-refractivity contribution in [2.24, 2.45) is 0 Å². The quantitative estimate of drug-likeness (QED) is 0.758. The summed E-state index contributed by atoms with van der Waals surface area (Å²) >= 11 is 0. The SMILES string of the molecule is Cc1ccc2[nH]cc(CC(=O)Nc3ccccc3N3CCOCC3)c2c1. The van der Waals surface area contributed by atoms with Crippen LogP contribution in [0.4, 0.5) is 11.4 Å². The van der Waals surface area contributed by atoms with Crippen molar-refractivity contribution in [2.75, 3.05) is 36.5 Å². The van der Waals surface area contributed by atoms with Gasteiger partial charge in [0.2, 0.25) is 5.91 Å². The third-order valence-electron chi connectivity index (χ3n) is 4.80. The molecule has 1 fully saturated rings. The van der Waals surface area contributed by atoms with Gasteiger partial charge in [0, 0.05) is 30.2 Å². The topological polar surface area (TPSA) is 57.4 Å². The number of aryl methyl sites for hydroxylation is 1. The van der Waals surface area contributed by atoms with Gasteiger partial charge < -0.3 is 19.9 Å². The normalized spacial score (nSPS) is 14.6. The van der Waals surface area contributed by atoms with Gasteiger partial charge >= 0.3 is 0 Å². The van der Waals surface area contributed by atoms with Gasteiger partial charge in [-0.15, -0.1) is 0 Å². The van der Waals surface area contributed by atoms with E-state index in [1.165, 1.54) is 5.56 Å². The van der Waals surface area contributed by atoms with E-state index in [4.69, 9.17) is 4.74 Å². The summed E-state index contributed by atoms with van der Waals surface area (Å²) < 4.78 is 5.43. The molecule has 1 aliphatic rings. The number of morpholine rings is 1. The molecule has 26 heavy (non-hydrogen) atoms. The molecule has 4 rings (SSSR count). The molecule has 2 aromatic carbocycles. The predicted octanol–water partition coefficient (Wildman–Crippen LogP) is 3.49. The number of fused-ring (bicyclic) bond motifs is 1. The number of anilines is 2. The first-order valence-electron chi connectivity index (χ1n) is 8.99. The molecule has 0 spiro atoms. The standard InChI is InChI=1S/C21H23N3O2/c1-15-6-7-18-17(12-15)16(14-22-18)13-21(25)23-19-4-2-3-5-20(19)24-8-10-26-11-9-24/h2-7,12,14,22H,8-11,13H2,1H3,(H,23,25). The van der Waals surface area contributed by atoms with Crippen LogP contribution in [0.15, 0.2) is 48.7 Å². The molecule has 1 saturated heterocycles. The van der Waals surface area contributed by atoms with Crippen molar-refractivity contribution in [1.82, 2.24) is 4.98 Å². The Balaban J connectivity index is 1.52. The van der Waals surface area contributed by atoms with Crippen LogP contribution in [0.1, 0.15) is 11.1 Å². The van der Waals surface area contributed by atoms with Crippen LogP contribution < -0.4 is 10.2 Å². The lowest BCUT2D eigenvalue weighted by Crippen LogP contribution is -2.36. The van der Waals surface area contributed by atoms with Gasteiger partial charge in [-0.05, 0) is 36.8 Å². The number of hydrogen-bond acceptors (Lipinski definition) is 3. The second kappa shape index (κ2) is 7.22. The zero-order valence-electron chi connectivity index (χ0n) is 14.9. The number of amides is 1. The van der Waals surface area contributed by atoms with Gasteiger partial charge in [-0.3, -0.25) is 4.79 Å². The molecule has 0 radical (unpaired) electrons. The Morgan fingerprint density at radius 2 is 2.00 bits per heavy atom. The molecule has 1 aromatic heterocycles. The summed E-state index contributed by atoms with van der Waals surface area (Å²) in [5, 5.41) is 4.20. The van der Waals surface area contributed by atoms with E-state index < -0.39 is 0 Å². The average Bonchev–Trinajstić information content (AvgIpc) is 3.05. The Morgan fingerprint density at radius 3 is 2.85 bits per heavy atom. The maximum absolute atomic E-state index is 12.7. The first-order valence-corrected chi connectivity index (χ1v) is 8.99. The lowest BCUT2D eigenvalue weighted by Gasteiger charge is -2.30. The van der Waals surface area contributed by atoms with Crippen LogP contribution in [-0.2, 0) is 16.0 Å². The molecule has 0 aliphatic carbocycles. The molecule has 134 valence electrons. The minimum absolute atomic E-state index is 0.00637. The van der Waals surface area contributed by atoms with Crippen molar-refractivity contribution in [1.29, 1.82) is 0 Å². The summed E-state index contributed by atoms with van der Waals surface area (Å²) in [6.07, 6.45) is 2.28. The number of aromatic amines is 1. The van der Waals surface area contributed by atoms with Crippen molar-refractivity contribution in [2.45, 2.75) is 13.3 Å². The number of benzene rings is 2. The zero-order chi connectivity index (χ0) is 17.9. The Hall–Kier alpha value is -2.79. The average molecular weight is 349 g/mol. The van der Waals surface area contributed by atoms with E-state index in [0.29, 0.717) is 6.42 Å². The summed E-state index contributed by atoms with van der Waals surface area (Å²) in [6.45, 7) is 5.19. The van der Waals surface area contributed by atoms with Gasteiger partial charge in [0.1, 0.15) is 0 Å². The predicted molar refractivity (Wildman–Crippen MR) is 105 cm³/mol. The highest BCUT2D eigenvalue weighted by molar-refractivity contribution is 5.98. The maximum Gasteiger partial charge on any atom is 0.228 e. The Bertz CT molecular complexity index is 926. The van der Waals surface area contributed by atoms with Gasteiger partial charge in [-0.25, -0.2) is 0 Å². The van der Waals surface area contributed by atoms with E-state index >= 15 is 0 Å². The number of rotatable bonds is 4. The van der Waals surface area contributed by atoms with Gasteiger partial charge in [0.25, 0.3) is 0 Å². The van der Waals surface area contributed by atoms with E-state index in [1.54, 1.807) is 0 Å². The third-order valence-corrected chi connectivity index (χ3v) is 4.80. The van der Waals surface area contributed by atoms with E-state index in [9.17, 15) is 4.79 Å². The Morgan fingerprint density at radius 1 is 1.19 bits per heavy atom. The molecule has 1 amide bonds. The number of aromatic nitrogens is 1. The van der Waals surface area contributed by atoms with Gasteiger partial charge in [0.15, 0.2) is 0 Å². The highest BCUT2D eigenvalue weighted by atomic mass is 16.5. The van der Waals surface area contributed by atoms with Gasteiger partial charge in [-0.2, -0.15) is 0 Å². The molecule has 0 bridgehead atoms. The summed E-state index contributed by atoms with van der Waals surface area (Å²) in [4.78, 5) is 18.2. The second-order valence-corrected chi connectivity index (χ2v) is 6.70. The fraction of sp³-hybridized carbons (Fsp3) is 0.286. The maximum atomic E-state index is 12.7. The highest BCUT2D eigenvalue weighted by Gasteiger charge is 2.16. The number of nitrogens with zero attached hydrogens (tertiary/aromatic N) is 1. The number of ether oxygens (including phenoxy) is 1. The molecule has 5 nitrogen and oxygen atoms in total. The summed E-state index contributed by atoms with van der Waals surface area (Å²) in [5.41, 5.74) is 5.18. The van der Waals surface area contributed by atoms with E-state index in [0.717, 1.165) is 54.1 Å². The molecular formula is C21H23N3O2. The molecule has 2 heterocycles. The molecule has 2 N–H and O–H groups in total. The number of carbonyl (C=O) groups is 1. The highest BCUT2D eigenvalue weighted by Crippen LogP contribution is 2.27. The minimum atomic E-state index is -0.00637. The fourth-order valence-electron chi connectivity index (χ4n) is 3.47. The summed E-state index contributed by atoms with van der Waals surface area (Å²) in [7, 11) is 0. The Labute approximate surface area is 153 Å². The van der Waals surface area contributed by atoms with Crippen LogP contribution in [0.25, 0.3) is 10.9 Å². The molecule has 1 aliphatic heterocycles. The number of hydrogen-bond donors (Lipinski definition) is 2. The van der Waals surface area contributed by atoms with Crippen molar-refractivity contribution in [3.8, 4) is 0 Å². The number of H-pyrrole nitrogens is 1. The van der Waals surface area contributed by atoms with Crippen LogP contribution in [0.5, 0.6) is 0 Å². The smallest absolute Gasteiger partial charge is 0.228 e. The van der Waals surface area contributed by atoms with E-state index in [1.807, 2.05) is 24.4 Å². The molecule has 0 saturated carbocycles.